The maximum Gasteiger partial charge on any atom is 0.332 e. The van der Waals surface area contributed by atoms with Crippen molar-refractivity contribution >= 4 is 61.5 Å². The summed E-state index contributed by atoms with van der Waals surface area (Å²) in [6, 6.07) is 31.5. The van der Waals surface area contributed by atoms with E-state index in [1.165, 1.54) is 60.4 Å². The molecule has 0 atom stereocenters. The van der Waals surface area contributed by atoms with Crippen LogP contribution in [0.15, 0.2) is 97.0 Å². The number of anilines is 2. The lowest BCUT2D eigenvalue weighted by Gasteiger charge is -2.45. The van der Waals surface area contributed by atoms with E-state index >= 15 is 0 Å². The molecule has 8 rings (SSSR count). The number of nitrogens with zero attached hydrogens (tertiary/aromatic N) is 3. The first-order valence-electron chi connectivity index (χ1n) is 11.2. The summed E-state index contributed by atoms with van der Waals surface area (Å²) < 4.78 is 0. The molecule has 150 valence electrons. The second-order valence-corrected chi connectivity index (χ2v) is 9.16. The van der Waals surface area contributed by atoms with Gasteiger partial charge >= 0.3 is 6.85 Å². The molecule has 5 aromatic rings. The Kier molecular flexibility index (Phi) is 2.96. The van der Waals surface area contributed by atoms with Gasteiger partial charge in [0.05, 0.1) is 6.67 Å². The minimum atomic E-state index is 0.170. The largest absolute Gasteiger partial charge is 0.361 e. The first kappa shape index (κ1) is 16.7. The molecule has 0 unspecified atom stereocenters. The molecule has 0 spiro atoms. The Bertz CT molecular complexity index is 1650. The molecule has 0 aromatic heterocycles. The molecular weight excluding hydrogens is 389 g/mol. The molecule has 0 aliphatic carbocycles. The van der Waals surface area contributed by atoms with E-state index in [2.05, 4.69) is 113 Å². The highest BCUT2D eigenvalue weighted by Gasteiger charge is 2.45. The number of hydrogen-bond acceptors (Lipinski definition) is 3. The van der Waals surface area contributed by atoms with Gasteiger partial charge in [-0.25, -0.2) is 0 Å². The average Bonchev–Trinajstić information content (AvgIpc) is 3.24. The molecule has 5 aromatic carbocycles. The van der Waals surface area contributed by atoms with Gasteiger partial charge in [-0.3, -0.25) is 0 Å². The molecule has 3 nitrogen and oxygen atoms in total. The van der Waals surface area contributed by atoms with Gasteiger partial charge in [-0.15, -0.1) is 0 Å². The summed E-state index contributed by atoms with van der Waals surface area (Å²) in [6.45, 7) is 1.04. The van der Waals surface area contributed by atoms with Gasteiger partial charge in [-0.1, -0.05) is 72.8 Å². The molecule has 3 aliphatic heterocycles. The minimum Gasteiger partial charge on any atom is -0.361 e. The highest BCUT2D eigenvalue weighted by atomic mass is 15.4. The van der Waals surface area contributed by atoms with E-state index in [0.717, 1.165) is 6.67 Å². The molecule has 3 aliphatic rings. The highest BCUT2D eigenvalue weighted by molar-refractivity contribution is 6.93. The maximum absolute atomic E-state index is 2.57. The molecule has 0 saturated carbocycles. The summed E-state index contributed by atoms with van der Waals surface area (Å²) in [4.78, 5) is 7.31. The van der Waals surface area contributed by atoms with Crippen LogP contribution in [0.1, 0.15) is 0 Å². The smallest absolute Gasteiger partial charge is 0.332 e. The number of fused-ring (bicyclic) bond motifs is 11. The van der Waals surface area contributed by atoms with Crippen molar-refractivity contribution in [2.24, 2.45) is 0 Å². The monoisotopic (exact) mass is 409 g/mol. The third-order valence-electron chi connectivity index (χ3n) is 7.45. The third-order valence-corrected chi connectivity index (χ3v) is 7.45. The molecule has 4 heteroatoms. The average molecular weight is 409 g/mol. The Hall–Kier alpha value is -3.92. The molecule has 0 fully saturated rings. The minimum absolute atomic E-state index is 0.170. The van der Waals surface area contributed by atoms with Crippen molar-refractivity contribution in [3.8, 4) is 0 Å². The standard InChI is InChI=1S/C28H20BN3/c1-30-16-26-31(17-30)24-14-5-4-12-22(24)29-23-13-6-10-20-18-8-2-3-9-19(18)21-11-7-15-25(32(26)29)28(21)27(20)23/h2-16H,17H2,1H3. The summed E-state index contributed by atoms with van der Waals surface area (Å²) in [6.07, 6.45) is 2.30. The fourth-order valence-electron chi connectivity index (χ4n) is 6.28. The number of benzene rings is 5. The second kappa shape index (κ2) is 5.66. The van der Waals surface area contributed by atoms with Gasteiger partial charge in [0.15, 0.2) is 0 Å². The lowest BCUT2D eigenvalue weighted by Crippen LogP contribution is -2.64. The van der Waals surface area contributed by atoms with E-state index in [0.29, 0.717) is 0 Å². The Labute approximate surface area is 186 Å². The SMILES string of the molecule is CN1C=C2N(C1)c1ccccc1B1c3cccc4c5ccccc5c5cccc(c5c34)N12. The number of para-hydroxylation sites is 1. The molecule has 0 N–H and O–H groups in total. The normalized spacial score (nSPS) is 16.1. The lowest BCUT2D eigenvalue weighted by molar-refractivity contribution is 0.495. The Balaban J connectivity index is 1.62. The first-order chi connectivity index (χ1) is 15.8. The van der Waals surface area contributed by atoms with Crippen molar-refractivity contribution in [1.29, 1.82) is 0 Å². The van der Waals surface area contributed by atoms with Crippen LogP contribution in [0.2, 0.25) is 0 Å². The van der Waals surface area contributed by atoms with Crippen LogP contribution >= 0.6 is 0 Å². The van der Waals surface area contributed by atoms with Crippen LogP contribution in [0, 0.1) is 0 Å². The molecule has 3 heterocycles. The van der Waals surface area contributed by atoms with Crippen molar-refractivity contribution in [2.75, 3.05) is 23.4 Å². The summed E-state index contributed by atoms with van der Waals surface area (Å²) in [5.74, 6) is 1.26. The number of hydrogen-bond donors (Lipinski definition) is 0. The van der Waals surface area contributed by atoms with Gasteiger partial charge in [0.25, 0.3) is 0 Å². The van der Waals surface area contributed by atoms with Crippen LogP contribution in [-0.2, 0) is 0 Å². The van der Waals surface area contributed by atoms with Crippen molar-refractivity contribution < 1.29 is 0 Å². The van der Waals surface area contributed by atoms with Crippen LogP contribution < -0.4 is 20.6 Å². The predicted octanol–water partition coefficient (Wildman–Crippen LogP) is 4.59. The summed E-state index contributed by atoms with van der Waals surface area (Å²) in [5.41, 5.74) is 5.41. The maximum atomic E-state index is 2.57. The zero-order chi connectivity index (χ0) is 21.0. The fraction of sp³-hybridized carbons (Fsp3) is 0.0714. The van der Waals surface area contributed by atoms with Crippen LogP contribution in [0.5, 0.6) is 0 Å². The van der Waals surface area contributed by atoms with Crippen molar-refractivity contribution in [3.63, 3.8) is 0 Å². The fourth-order valence-corrected chi connectivity index (χ4v) is 6.28. The van der Waals surface area contributed by atoms with Gasteiger partial charge < -0.3 is 14.6 Å². The van der Waals surface area contributed by atoms with E-state index in [9.17, 15) is 0 Å². The van der Waals surface area contributed by atoms with E-state index in [1.54, 1.807) is 0 Å². The van der Waals surface area contributed by atoms with Crippen LogP contribution in [-0.4, -0.2) is 25.5 Å². The second-order valence-electron chi connectivity index (χ2n) is 9.16. The van der Waals surface area contributed by atoms with Gasteiger partial charge in [0.1, 0.15) is 5.82 Å². The van der Waals surface area contributed by atoms with E-state index in [-0.39, 0.29) is 6.85 Å². The van der Waals surface area contributed by atoms with Gasteiger partial charge in [0.2, 0.25) is 0 Å². The summed E-state index contributed by atoms with van der Waals surface area (Å²) in [7, 11) is 2.16. The third kappa shape index (κ3) is 1.85. The Morgan fingerprint density at radius 2 is 1.25 bits per heavy atom. The quantitative estimate of drug-likeness (QED) is 0.274. The molecule has 0 amide bonds. The molecule has 0 bridgehead atoms. The van der Waals surface area contributed by atoms with Crippen LogP contribution in [0.3, 0.4) is 0 Å². The molecular formula is C28H20BN3. The highest BCUT2D eigenvalue weighted by Crippen LogP contribution is 2.45. The van der Waals surface area contributed by atoms with E-state index in [1.807, 2.05) is 0 Å². The Morgan fingerprint density at radius 3 is 2.09 bits per heavy atom. The predicted molar refractivity (Wildman–Crippen MR) is 136 cm³/mol. The molecule has 0 radical (unpaired) electrons. The summed E-state index contributed by atoms with van der Waals surface area (Å²) in [5, 5.41) is 8.16. The van der Waals surface area contributed by atoms with Gasteiger partial charge in [-0.05, 0) is 50.0 Å². The molecule has 32 heavy (non-hydrogen) atoms. The van der Waals surface area contributed by atoms with E-state index < -0.39 is 0 Å². The van der Waals surface area contributed by atoms with Gasteiger partial charge in [0, 0.05) is 30.0 Å². The first-order valence-corrected chi connectivity index (χ1v) is 11.2. The lowest BCUT2D eigenvalue weighted by atomic mass is 9.45. The zero-order valence-corrected chi connectivity index (χ0v) is 17.8. The van der Waals surface area contributed by atoms with Crippen LogP contribution in [0.4, 0.5) is 11.4 Å². The Morgan fingerprint density at radius 1 is 0.625 bits per heavy atom. The van der Waals surface area contributed by atoms with Crippen molar-refractivity contribution in [1.82, 2.24) is 4.90 Å². The van der Waals surface area contributed by atoms with E-state index in [4.69, 9.17) is 0 Å². The van der Waals surface area contributed by atoms with Crippen molar-refractivity contribution in [2.45, 2.75) is 0 Å². The topological polar surface area (TPSA) is 9.72 Å². The zero-order valence-electron chi connectivity index (χ0n) is 17.8. The van der Waals surface area contributed by atoms with Gasteiger partial charge in [-0.2, -0.15) is 0 Å². The summed E-state index contributed by atoms with van der Waals surface area (Å²) >= 11 is 0. The number of rotatable bonds is 0. The van der Waals surface area contributed by atoms with Crippen LogP contribution in [0.25, 0.3) is 32.3 Å². The van der Waals surface area contributed by atoms with Crippen molar-refractivity contribution in [3.05, 3.63) is 97.0 Å². The molecule has 0 saturated heterocycles.